The number of carbonyl (C=O) groups is 1. The fraction of sp³-hybridized carbons (Fsp3) is 0.0909. The molecule has 0 radical (unpaired) electrons. The number of imidazole rings is 1. The molecule has 0 saturated heterocycles. The zero-order valence-electron chi connectivity index (χ0n) is 15.6. The fourth-order valence-corrected chi connectivity index (χ4v) is 3.87. The van der Waals surface area contributed by atoms with Crippen molar-refractivity contribution >= 4 is 45.7 Å². The van der Waals surface area contributed by atoms with Crippen LogP contribution in [0.1, 0.15) is 5.56 Å². The molecule has 8 heteroatoms. The summed E-state index contributed by atoms with van der Waals surface area (Å²) in [6.45, 7) is 0. The molecule has 0 bridgehead atoms. The molecule has 0 amide bonds. The van der Waals surface area contributed by atoms with E-state index in [4.69, 9.17) is 5.11 Å². The Bertz CT molecular complexity index is 1310. The Morgan fingerprint density at radius 1 is 0.967 bits per heavy atom. The minimum absolute atomic E-state index is 0. The first kappa shape index (κ1) is 21.8. The Kier molecular flexibility index (Phi) is 6.18. The standard InChI is InChI=1S/C22H18N2O4S.Li.H/c1-29(27,28)19-9-4-16(5-10-19)17-6-11-21-20(13-17)23-14-24(21)18-7-2-15(3-8-18)12-22(25)26;;/h2-11,13-14H,12H2,1H3,(H,25,26);;. The van der Waals surface area contributed by atoms with Crippen molar-refractivity contribution in [3.05, 3.63) is 78.6 Å². The van der Waals surface area contributed by atoms with Crippen LogP contribution in [0.5, 0.6) is 0 Å². The number of sulfone groups is 1. The zero-order chi connectivity index (χ0) is 20.6. The van der Waals surface area contributed by atoms with Crippen molar-refractivity contribution in [2.24, 2.45) is 0 Å². The van der Waals surface area contributed by atoms with E-state index >= 15 is 0 Å². The predicted molar refractivity (Wildman–Crippen MR) is 118 cm³/mol. The Hall–Kier alpha value is -2.85. The van der Waals surface area contributed by atoms with Gasteiger partial charge in [0.2, 0.25) is 0 Å². The maximum atomic E-state index is 11.6. The number of carboxylic acid groups (broad SMARTS) is 1. The molecule has 0 spiro atoms. The number of aliphatic carboxylic acids is 1. The summed E-state index contributed by atoms with van der Waals surface area (Å²) in [4.78, 5) is 15.6. The second-order valence-electron chi connectivity index (χ2n) is 6.85. The van der Waals surface area contributed by atoms with Crippen LogP contribution in [0.15, 0.2) is 78.0 Å². The van der Waals surface area contributed by atoms with Gasteiger partial charge in [-0.2, -0.15) is 0 Å². The van der Waals surface area contributed by atoms with Gasteiger partial charge in [-0.15, -0.1) is 0 Å². The first-order valence-corrected chi connectivity index (χ1v) is 10.8. The van der Waals surface area contributed by atoms with Crippen LogP contribution in [-0.2, 0) is 21.1 Å². The molecule has 0 aliphatic heterocycles. The van der Waals surface area contributed by atoms with Crippen LogP contribution >= 0.6 is 0 Å². The van der Waals surface area contributed by atoms with Crippen molar-refractivity contribution in [1.29, 1.82) is 0 Å². The summed E-state index contributed by atoms with van der Waals surface area (Å²) in [5, 5.41) is 8.89. The molecule has 0 unspecified atom stereocenters. The van der Waals surface area contributed by atoms with Crippen molar-refractivity contribution in [1.82, 2.24) is 9.55 Å². The van der Waals surface area contributed by atoms with Gasteiger partial charge in [0.1, 0.15) is 6.33 Å². The summed E-state index contributed by atoms with van der Waals surface area (Å²) in [5.74, 6) is -0.858. The summed E-state index contributed by atoms with van der Waals surface area (Å²) in [6, 6.07) is 20.0. The number of hydrogen-bond donors (Lipinski definition) is 1. The van der Waals surface area contributed by atoms with Gasteiger partial charge in [0, 0.05) is 11.9 Å². The van der Waals surface area contributed by atoms with Crippen molar-refractivity contribution in [2.45, 2.75) is 11.3 Å². The average molecular weight is 414 g/mol. The summed E-state index contributed by atoms with van der Waals surface area (Å²) < 4.78 is 25.2. The monoisotopic (exact) mass is 414 g/mol. The van der Waals surface area contributed by atoms with Gasteiger partial charge < -0.3 is 5.11 Å². The first-order chi connectivity index (χ1) is 13.8. The topological polar surface area (TPSA) is 89.3 Å². The summed E-state index contributed by atoms with van der Waals surface area (Å²) in [7, 11) is -3.22. The summed E-state index contributed by atoms with van der Waals surface area (Å²) in [5.41, 5.74) is 5.22. The predicted octanol–water partition coefficient (Wildman–Crippen LogP) is 3.07. The number of nitrogens with zero attached hydrogens (tertiary/aromatic N) is 2. The van der Waals surface area contributed by atoms with E-state index in [1.54, 1.807) is 42.7 Å². The van der Waals surface area contributed by atoms with Crippen LogP contribution in [0.25, 0.3) is 27.8 Å². The van der Waals surface area contributed by atoms with E-state index in [9.17, 15) is 13.2 Å². The molecule has 6 nitrogen and oxygen atoms in total. The minimum atomic E-state index is -3.22. The van der Waals surface area contributed by atoms with Crippen LogP contribution in [0.2, 0.25) is 0 Å². The molecule has 1 aromatic heterocycles. The van der Waals surface area contributed by atoms with Gasteiger partial charge >= 0.3 is 24.8 Å². The van der Waals surface area contributed by atoms with Crippen LogP contribution < -0.4 is 0 Å². The van der Waals surface area contributed by atoms with E-state index in [-0.39, 0.29) is 30.2 Å². The van der Waals surface area contributed by atoms with E-state index in [1.165, 1.54) is 6.26 Å². The van der Waals surface area contributed by atoms with Crippen LogP contribution in [0, 0.1) is 0 Å². The number of hydrogen-bond acceptors (Lipinski definition) is 4. The molecule has 4 rings (SSSR count). The molecular formula is C22H19LiN2O4S. The third kappa shape index (κ3) is 4.49. The Morgan fingerprint density at radius 2 is 1.60 bits per heavy atom. The molecule has 0 aliphatic carbocycles. The van der Waals surface area contributed by atoms with Gasteiger partial charge in [0.25, 0.3) is 0 Å². The fourth-order valence-electron chi connectivity index (χ4n) is 3.24. The Balaban J connectivity index is 0.00000256. The Morgan fingerprint density at radius 3 is 2.20 bits per heavy atom. The van der Waals surface area contributed by atoms with Gasteiger partial charge in [0.05, 0.1) is 22.3 Å². The third-order valence-corrected chi connectivity index (χ3v) is 5.86. The molecule has 1 heterocycles. The van der Waals surface area contributed by atoms with Gasteiger partial charge in [-0.25, -0.2) is 13.4 Å². The van der Waals surface area contributed by atoms with Crippen molar-refractivity contribution in [3.63, 3.8) is 0 Å². The van der Waals surface area contributed by atoms with Gasteiger partial charge in [-0.1, -0.05) is 30.3 Å². The average Bonchev–Trinajstić information content (AvgIpc) is 3.11. The van der Waals surface area contributed by atoms with Gasteiger partial charge in [-0.05, 0) is 53.1 Å². The SMILES string of the molecule is CS(=O)(=O)c1ccc(-c2ccc3c(c2)ncn3-c2ccc(CC(=O)O)cc2)cc1.[LiH]. The van der Waals surface area contributed by atoms with Crippen molar-refractivity contribution < 1.29 is 18.3 Å². The van der Waals surface area contributed by atoms with E-state index in [0.717, 1.165) is 33.4 Å². The van der Waals surface area contributed by atoms with Crippen LogP contribution in [0.3, 0.4) is 0 Å². The van der Waals surface area contributed by atoms with E-state index in [2.05, 4.69) is 4.98 Å². The summed E-state index contributed by atoms with van der Waals surface area (Å²) in [6.07, 6.45) is 2.91. The molecule has 0 aliphatic rings. The van der Waals surface area contributed by atoms with Gasteiger partial charge in [0.15, 0.2) is 9.84 Å². The molecule has 4 aromatic rings. The second kappa shape index (κ2) is 8.48. The van der Waals surface area contributed by atoms with E-state index < -0.39 is 15.8 Å². The van der Waals surface area contributed by atoms with Crippen LogP contribution in [0.4, 0.5) is 0 Å². The number of benzene rings is 3. The number of rotatable bonds is 5. The third-order valence-electron chi connectivity index (χ3n) is 4.73. The molecule has 148 valence electrons. The van der Waals surface area contributed by atoms with E-state index in [1.807, 2.05) is 34.9 Å². The first-order valence-electron chi connectivity index (χ1n) is 8.90. The molecule has 3 aromatic carbocycles. The van der Waals surface area contributed by atoms with Crippen molar-refractivity contribution in [2.75, 3.05) is 6.26 Å². The number of aromatic nitrogens is 2. The maximum absolute atomic E-state index is 11.6. The normalized spacial score (nSPS) is 11.2. The summed E-state index contributed by atoms with van der Waals surface area (Å²) >= 11 is 0. The molecule has 0 atom stereocenters. The number of fused-ring (bicyclic) bond motifs is 1. The van der Waals surface area contributed by atoms with Crippen LogP contribution in [-0.4, -0.2) is 54.2 Å². The zero-order valence-corrected chi connectivity index (χ0v) is 16.4. The van der Waals surface area contributed by atoms with Gasteiger partial charge in [-0.3, -0.25) is 9.36 Å². The molecule has 0 saturated carbocycles. The Labute approximate surface area is 186 Å². The molecule has 0 fully saturated rings. The quantitative estimate of drug-likeness (QED) is 0.507. The molecular weight excluding hydrogens is 395 g/mol. The van der Waals surface area contributed by atoms with Crippen molar-refractivity contribution in [3.8, 4) is 16.8 Å². The number of carboxylic acids is 1. The molecule has 1 N–H and O–H groups in total. The second-order valence-corrected chi connectivity index (χ2v) is 8.87. The molecule has 30 heavy (non-hydrogen) atoms. The van der Waals surface area contributed by atoms with E-state index in [0.29, 0.717) is 0 Å².